The molecule has 0 amide bonds. The fraction of sp³-hybridized carbons (Fsp3) is 0.611. The van der Waals surface area contributed by atoms with Crippen molar-refractivity contribution in [2.24, 2.45) is 0 Å². The fourth-order valence-corrected chi connectivity index (χ4v) is 2.68. The summed E-state index contributed by atoms with van der Waals surface area (Å²) in [6.45, 7) is 1.49. The number of alkyl halides is 13. The van der Waals surface area contributed by atoms with Gasteiger partial charge < -0.3 is 9.47 Å². The first-order valence-electron chi connectivity index (χ1n) is 8.71. The summed E-state index contributed by atoms with van der Waals surface area (Å²) in [5.41, 5.74) is -3.30. The van der Waals surface area contributed by atoms with E-state index in [2.05, 4.69) is 9.47 Å². The van der Waals surface area contributed by atoms with Crippen LogP contribution in [0.1, 0.15) is 25.8 Å². The van der Waals surface area contributed by atoms with Crippen molar-refractivity contribution in [2.45, 2.75) is 61.7 Å². The standard InChI is InChI=1S/C18H15F13O3/c1-9(32)34-11-6-4-5-10(7-11)12(2,33-3)8-13(19,20)14(21,22)15(23,24)16(25,26)17(27,28)18(29,30)31/h4-7H,8H2,1-3H3. The third-order valence-corrected chi connectivity index (χ3v) is 4.71. The number of hydrogen-bond acceptors (Lipinski definition) is 3. The molecule has 34 heavy (non-hydrogen) atoms. The zero-order chi connectivity index (χ0) is 27.2. The van der Waals surface area contributed by atoms with Crippen LogP contribution in [0.3, 0.4) is 0 Å². The van der Waals surface area contributed by atoms with Crippen molar-refractivity contribution in [3.63, 3.8) is 0 Å². The minimum Gasteiger partial charge on any atom is -0.427 e. The highest BCUT2D eigenvalue weighted by molar-refractivity contribution is 5.69. The Kier molecular flexibility index (Phi) is 7.66. The van der Waals surface area contributed by atoms with Gasteiger partial charge in [0.15, 0.2) is 0 Å². The molecule has 1 unspecified atom stereocenters. The lowest BCUT2D eigenvalue weighted by atomic mass is 9.84. The van der Waals surface area contributed by atoms with Gasteiger partial charge in [-0.2, -0.15) is 57.1 Å². The van der Waals surface area contributed by atoms with Gasteiger partial charge in [0, 0.05) is 14.0 Å². The highest BCUT2D eigenvalue weighted by Gasteiger charge is 2.90. The molecule has 0 aliphatic carbocycles. The second-order valence-electron chi connectivity index (χ2n) is 7.23. The zero-order valence-corrected chi connectivity index (χ0v) is 17.2. The Morgan fingerprint density at radius 3 is 1.68 bits per heavy atom. The van der Waals surface area contributed by atoms with E-state index in [9.17, 15) is 61.9 Å². The molecule has 0 aliphatic heterocycles. The van der Waals surface area contributed by atoms with Crippen molar-refractivity contribution in [2.75, 3.05) is 7.11 Å². The molecule has 1 aromatic carbocycles. The van der Waals surface area contributed by atoms with Crippen molar-refractivity contribution in [3.8, 4) is 5.75 Å². The summed E-state index contributed by atoms with van der Waals surface area (Å²) in [5.74, 6) is -38.8. The van der Waals surface area contributed by atoms with Crippen LogP contribution in [0.5, 0.6) is 5.75 Å². The van der Waals surface area contributed by atoms with Gasteiger partial charge in [0.25, 0.3) is 0 Å². The number of benzene rings is 1. The molecule has 0 aromatic heterocycles. The van der Waals surface area contributed by atoms with Crippen LogP contribution in [0.25, 0.3) is 0 Å². The van der Waals surface area contributed by atoms with E-state index in [1.807, 2.05) is 0 Å². The summed E-state index contributed by atoms with van der Waals surface area (Å²) >= 11 is 0. The Morgan fingerprint density at radius 1 is 0.794 bits per heavy atom. The molecule has 1 rings (SSSR count). The number of carbonyl (C=O) groups is 1. The number of esters is 1. The second kappa shape index (κ2) is 8.75. The van der Waals surface area contributed by atoms with Crippen LogP contribution in [-0.2, 0) is 15.1 Å². The summed E-state index contributed by atoms with van der Waals surface area (Å²) in [6, 6.07) is 3.72. The van der Waals surface area contributed by atoms with Gasteiger partial charge in [-0.1, -0.05) is 12.1 Å². The van der Waals surface area contributed by atoms with Gasteiger partial charge in [0.2, 0.25) is 0 Å². The van der Waals surface area contributed by atoms with Crippen LogP contribution in [0.15, 0.2) is 24.3 Å². The molecular formula is C18H15F13O3. The lowest BCUT2D eigenvalue weighted by Gasteiger charge is -2.42. The Bertz CT molecular complexity index is 895. The highest BCUT2D eigenvalue weighted by atomic mass is 19.4. The number of halogens is 13. The molecule has 3 nitrogen and oxygen atoms in total. The van der Waals surface area contributed by atoms with Crippen molar-refractivity contribution < 1.29 is 71.3 Å². The molecular weight excluding hydrogens is 511 g/mol. The number of rotatable bonds is 9. The van der Waals surface area contributed by atoms with E-state index in [1.54, 1.807) is 0 Å². The Balaban J connectivity index is 3.52. The van der Waals surface area contributed by atoms with Gasteiger partial charge in [-0.05, 0) is 24.6 Å². The number of ether oxygens (including phenoxy) is 2. The first-order valence-corrected chi connectivity index (χ1v) is 8.71. The molecule has 1 atom stereocenters. The largest absolute Gasteiger partial charge is 0.460 e. The zero-order valence-electron chi connectivity index (χ0n) is 17.2. The van der Waals surface area contributed by atoms with Crippen molar-refractivity contribution in [3.05, 3.63) is 29.8 Å². The predicted octanol–water partition coefficient (Wildman–Crippen LogP) is 6.60. The van der Waals surface area contributed by atoms with E-state index in [0.29, 0.717) is 14.0 Å². The topological polar surface area (TPSA) is 35.5 Å². The monoisotopic (exact) mass is 526 g/mol. The molecule has 0 saturated heterocycles. The molecule has 0 radical (unpaired) electrons. The van der Waals surface area contributed by atoms with E-state index < -0.39 is 59.3 Å². The minimum atomic E-state index is -7.98. The summed E-state index contributed by atoms with van der Waals surface area (Å²) < 4.78 is 183. The summed E-state index contributed by atoms with van der Waals surface area (Å²) in [7, 11) is 0.595. The van der Waals surface area contributed by atoms with E-state index in [0.717, 1.165) is 31.2 Å². The summed E-state index contributed by atoms with van der Waals surface area (Å²) in [5, 5.41) is 0. The van der Waals surface area contributed by atoms with Crippen LogP contribution in [0.4, 0.5) is 57.1 Å². The molecule has 0 bridgehead atoms. The third kappa shape index (κ3) is 4.77. The normalized spacial score (nSPS) is 16.2. The molecule has 196 valence electrons. The van der Waals surface area contributed by atoms with Crippen molar-refractivity contribution >= 4 is 5.97 Å². The lowest BCUT2D eigenvalue weighted by Crippen LogP contribution is -2.70. The average Bonchev–Trinajstić information content (AvgIpc) is 2.65. The summed E-state index contributed by atoms with van der Waals surface area (Å²) in [4.78, 5) is 11.0. The highest BCUT2D eigenvalue weighted by Crippen LogP contribution is 2.61. The lowest BCUT2D eigenvalue weighted by molar-refractivity contribution is -0.441. The van der Waals surface area contributed by atoms with Crippen LogP contribution in [0, 0.1) is 0 Å². The van der Waals surface area contributed by atoms with Crippen molar-refractivity contribution in [1.29, 1.82) is 0 Å². The maximum absolute atomic E-state index is 14.3. The fourth-order valence-electron chi connectivity index (χ4n) is 2.68. The Labute approximate surface area is 182 Å². The first kappa shape index (κ1) is 29.8. The number of methoxy groups -OCH3 is 1. The molecule has 16 heteroatoms. The van der Waals surface area contributed by atoms with E-state index in [1.165, 1.54) is 0 Å². The van der Waals surface area contributed by atoms with Crippen molar-refractivity contribution in [1.82, 2.24) is 0 Å². The minimum absolute atomic E-state index is 0.370. The molecule has 0 aliphatic rings. The number of hydrogen-bond donors (Lipinski definition) is 0. The third-order valence-electron chi connectivity index (χ3n) is 4.71. The van der Waals surface area contributed by atoms with Gasteiger partial charge >= 0.3 is 41.8 Å². The van der Waals surface area contributed by atoms with Gasteiger partial charge in [0.1, 0.15) is 5.75 Å². The van der Waals surface area contributed by atoms with Gasteiger partial charge in [0.05, 0.1) is 12.0 Å². The van der Waals surface area contributed by atoms with Gasteiger partial charge in [-0.15, -0.1) is 0 Å². The average molecular weight is 526 g/mol. The number of carbonyl (C=O) groups excluding carboxylic acids is 1. The second-order valence-corrected chi connectivity index (χ2v) is 7.23. The van der Waals surface area contributed by atoms with E-state index >= 15 is 0 Å². The van der Waals surface area contributed by atoms with E-state index in [4.69, 9.17) is 0 Å². The van der Waals surface area contributed by atoms with Crippen LogP contribution in [0.2, 0.25) is 0 Å². The molecule has 0 spiro atoms. The first-order chi connectivity index (χ1) is 14.9. The summed E-state index contributed by atoms with van der Waals surface area (Å²) in [6.07, 6.45) is -10.1. The van der Waals surface area contributed by atoms with Crippen LogP contribution in [-0.4, -0.2) is 48.9 Å². The van der Waals surface area contributed by atoms with Crippen LogP contribution >= 0.6 is 0 Å². The molecule has 0 saturated carbocycles. The van der Waals surface area contributed by atoms with E-state index in [-0.39, 0.29) is 5.75 Å². The van der Waals surface area contributed by atoms with Crippen LogP contribution < -0.4 is 4.74 Å². The molecule has 0 fully saturated rings. The SMILES string of the molecule is COC(C)(CC(F)(F)C(F)(F)C(F)(F)C(F)(F)C(F)(F)C(F)(F)F)c1cccc(OC(C)=O)c1. The smallest absolute Gasteiger partial charge is 0.427 e. The molecule has 0 N–H and O–H groups in total. The molecule has 0 heterocycles. The Morgan fingerprint density at radius 2 is 1.26 bits per heavy atom. The maximum Gasteiger partial charge on any atom is 0.460 e. The maximum atomic E-state index is 14.3. The Hall–Kier alpha value is -2.26. The predicted molar refractivity (Wildman–Crippen MR) is 87.5 cm³/mol. The van der Waals surface area contributed by atoms with Gasteiger partial charge in [-0.3, -0.25) is 4.79 Å². The molecule has 1 aromatic rings. The van der Waals surface area contributed by atoms with Gasteiger partial charge in [-0.25, -0.2) is 0 Å². The quantitative estimate of drug-likeness (QED) is 0.207.